The van der Waals surface area contributed by atoms with Crippen molar-refractivity contribution < 1.29 is 19.1 Å². The first-order valence-electron chi connectivity index (χ1n) is 18.2. The summed E-state index contributed by atoms with van der Waals surface area (Å²) in [6.07, 6.45) is 5.98. The molecule has 6 heterocycles. The maximum absolute atomic E-state index is 14.3. The van der Waals surface area contributed by atoms with Crippen LogP contribution < -0.4 is 5.56 Å². The highest BCUT2D eigenvalue weighted by molar-refractivity contribution is 7.17. The van der Waals surface area contributed by atoms with Crippen LogP contribution in [0.15, 0.2) is 96.3 Å². The molecule has 276 valence electrons. The van der Waals surface area contributed by atoms with Crippen LogP contribution in [0.2, 0.25) is 0 Å². The molecule has 11 nitrogen and oxygen atoms in total. The van der Waals surface area contributed by atoms with Crippen molar-refractivity contribution in [2.45, 2.75) is 51.2 Å². The fraction of sp³-hybridized carbons (Fsp3) is 0.317. The largest absolute Gasteiger partial charge is 0.388 e. The van der Waals surface area contributed by atoms with E-state index in [2.05, 4.69) is 9.97 Å². The summed E-state index contributed by atoms with van der Waals surface area (Å²) in [5.41, 5.74) is 2.90. The Morgan fingerprint density at radius 1 is 0.963 bits per heavy atom. The van der Waals surface area contributed by atoms with E-state index in [0.29, 0.717) is 72.7 Å². The molecule has 2 fully saturated rings. The van der Waals surface area contributed by atoms with Gasteiger partial charge >= 0.3 is 0 Å². The number of halogens is 1. The first-order chi connectivity index (χ1) is 26.1. The Balaban J connectivity index is 0.953. The van der Waals surface area contributed by atoms with E-state index in [1.807, 2.05) is 66.1 Å². The summed E-state index contributed by atoms with van der Waals surface area (Å²) in [6.45, 7) is 5.34. The molecule has 0 aliphatic carbocycles. The molecule has 0 saturated carbocycles. The number of pyridine rings is 1. The van der Waals surface area contributed by atoms with Gasteiger partial charge in [-0.05, 0) is 75.1 Å². The molecular weight excluding hydrogens is 706 g/mol. The zero-order valence-corrected chi connectivity index (χ0v) is 30.9. The number of fused-ring (bicyclic) bond motifs is 1. The van der Waals surface area contributed by atoms with Gasteiger partial charge in [0, 0.05) is 67.4 Å². The van der Waals surface area contributed by atoms with E-state index in [9.17, 15) is 23.9 Å². The second kappa shape index (κ2) is 14.4. The minimum absolute atomic E-state index is 0.0140. The highest BCUT2D eigenvalue weighted by Crippen LogP contribution is 2.37. The highest BCUT2D eigenvalue weighted by atomic mass is 32.1. The zero-order valence-electron chi connectivity index (χ0n) is 30.1. The van der Waals surface area contributed by atoms with E-state index in [0.717, 1.165) is 21.8 Å². The van der Waals surface area contributed by atoms with Gasteiger partial charge in [-0.2, -0.15) is 0 Å². The predicted molar refractivity (Wildman–Crippen MR) is 204 cm³/mol. The van der Waals surface area contributed by atoms with Gasteiger partial charge in [0.25, 0.3) is 11.5 Å². The minimum Gasteiger partial charge on any atom is -0.388 e. The van der Waals surface area contributed by atoms with Gasteiger partial charge in [0.05, 0.1) is 23.2 Å². The Labute approximate surface area is 315 Å². The number of nitrogens with zero attached hydrogens (tertiary/aromatic N) is 7. The maximum atomic E-state index is 14.3. The normalized spacial score (nSPS) is 18.6. The molecule has 2 aliphatic heterocycles. The van der Waals surface area contributed by atoms with E-state index in [1.54, 1.807) is 35.2 Å². The second-order valence-corrected chi connectivity index (χ2v) is 15.4. The summed E-state index contributed by atoms with van der Waals surface area (Å²) in [5, 5.41) is 12.8. The Hall–Kier alpha value is -5.53. The average Bonchev–Trinajstić information content (AvgIpc) is 3.80. The quantitative estimate of drug-likeness (QED) is 0.220. The molecule has 8 rings (SSSR count). The second-order valence-electron chi connectivity index (χ2n) is 14.4. The van der Waals surface area contributed by atoms with Crippen molar-refractivity contribution in [3.63, 3.8) is 0 Å². The lowest BCUT2D eigenvalue weighted by Gasteiger charge is -2.43. The zero-order chi connectivity index (χ0) is 37.6. The van der Waals surface area contributed by atoms with E-state index < -0.39 is 5.60 Å². The van der Waals surface area contributed by atoms with Gasteiger partial charge < -0.3 is 19.5 Å². The highest BCUT2D eigenvalue weighted by Gasteiger charge is 2.42. The van der Waals surface area contributed by atoms with E-state index in [4.69, 9.17) is 4.98 Å². The number of hydrogen-bond acceptors (Lipinski definition) is 8. The number of hydrogen-bond donors (Lipinski definition) is 1. The smallest absolute Gasteiger partial charge is 0.265 e. The van der Waals surface area contributed by atoms with E-state index in [-0.39, 0.29) is 41.6 Å². The van der Waals surface area contributed by atoms with Crippen molar-refractivity contribution in [2.24, 2.45) is 5.92 Å². The fourth-order valence-corrected chi connectivity index (χ4v) is 8.80. The standard InChI is InChI=1S/C41H40FN7O4S/c1-26-11-12-29(22-43-26)37-45-27(2)35(54-37)40(52)47-17-13-32(34(23-47)28-7-4-3-5-8-28)38(50)46-19-15-41(53,16-20-46)24-48-25-44-36-33(39(48)51)14-18-49(36)31-10-6-9-30(42)21-31/h3-12,14,18,21-22,25,32,34,53H,13,15-17,19-20,23-24H2,1-2H3/t32-,34+/m1/s1. The summed E-state index contributed by atoms with van der Waals surface area (Å²) in [5.74, 6) is -1.00. The van der Waals surface area contributed by atoms with Crippen LogP contribution in [0.5, 0.6) is 0 Å². The van der Waals surface area contributed by atoms with Crippen LogP contribution in [0.1, 0.15) is 51.8 Å². The number of aliphatic hydroxyl groups is 1. The van der Waals surface area contributed by atoms with Crippen LogP contribution in [0.25, 0.3) is 27.3 Å². The lowest BCUT2D eigenvalue weighted by Crippen LogP contribution is -2.53. The Bertz CT molecular complexity index is 2400. The SMILES string of the molecule is Cc1ccc(-c2nc(C)c(C(=O)N3CC[C@@H](C(=O)N4CCC(O)(Cn5cnc6c(ccn6-c6cccc(F)c6)c5=O)CC4)[C@H](c4ccccc4)C3)s2)cn1. The van der Waals surface area contributed by atoms with Gasteiger partial charge in [0.1, 0.15) is 22.0 Å². The molecule has 0 bridgehead atoms. The third-order valence-corrected chi connectivity index (χ3v) is 12.0. The molecule has 6 aromatic rings. The Morgan fingerprint density at radius 2 is 1.76 bits per heavy atom. The third kappa shape index (κ3) is 6.85. The number of likely N-dealkylation sites (tertiary alicyclic amines) is 2. The molecule has 13 heteroatoms. The van der Waals surface area contributed by atoms with Crippen LogP contribution in [-0.4, -0.2) is 82.6 Å². The van der Waals surface area contributed by atoms with Gasteiger partial charge in [-0.25, -0.2) is 14.4 Å². The summed E-state index contributed by atoms with van der Waals surface area (Å²) >= 11 is 1.37. The molecule has 0 spiro atoms. The van der Waals surface area contributed by atoms with E-state index in [1.165, 1.54) is 34.4 Å². The van der Waals surface area contributed by atoms with Crippen LogP contribution in [0.4, 0.5) is 4.39 Å². The van der Waals surface area contributed by atoms with Crippen molar-refractivity contribution in [3.05, 3.63) is 130 Å². The molecule has 0 unspecified atom stereocenters. The number of carbonyl (C=O) groups is 2. The van der Waals surface area contributed by atoms with Crippen molar-refractivity contribution in [2.75, 3.05) is 26.2 Å². The number of aromatic nitrogens is 5. The monoisotopic (exact) mass is 745 g/mol. The van der Waals surface area contributed by atoms with Crippen molar-refractivity contribution in [1.29, 1.82) is 0 Å². The number of rotatable bonds is 7. The molecule has 0 radical (unpaired) electrons. The van der Waals surface area contributed by atoms with Gasteiger partial charge in [-0.15, -0.1) is 11.3 Å². The predicted octanol–water partition coefficient (Wildman–Crippen LogP) is 5.76. The molecular formula is C41H40FN7O4S. The first-order valence-corrected chi connectivity index (χ1v) is 19.0. The third-order valence-electron chi connectivity index (χ3n) is 10.8. The lowest BCUT2D eigenvalue weighted by molar-refractivity contribution is -0.142. The lowest BCUT2D eigenvalue weighted by atomic mass is 9.79. The van der Waals surface area contributed by atoms with Crippen molar-refractivity contribution in [3.8, 4) is 16.3 Å². The van der Waals surface area contributed by atoms with Gasteiger partial charge in [0.15, 0.2) is 5.65 Å². The van der Waals surface area contributed by atoms with Gasteiger partial charge in [0.2, 0.25) is 5.91 Å². The molecule has 1 N–H and O–H groups in total. The van der Waals surface area contributed by atoms with Crippen LogP contribution in [0, 0.1) is 25.6 Å². The number of benzene rings is 2. The topological polar surface area (TPSA) is 126 Å². The molecule has 2 aliphatic rings. The first kappa shape index (κ1) is 35.5. The number of carbonyl (C=O) groups excluding carboxylic acids is 2. The molecule has 2 amide bonds. The number of piperidine rings is 2. The number of aryl methyl sites for hydroxylation is 2. The summed E-state index contributed by atoms with van der Waals surface area (Å²) < 4.78 is 17.0. The fourth-order valence-electron chi connectivity index (χ4n) is 7.78. The minimum atomic E-state index is -1.21. The molecule has 2 atom stereocenters. The van der Waals surface area contributed by atoms with Crippen LogP contribution in [0.3, 0.4) is 0 Å². The summed E-state index contributed by atoms with van der Waals surface area (Å²) in [4.78, 5) is 59.6. The van der Waals surface area contributed by atoms with Crippen LogP contribution in [-0.2, 0) is 11.3 Å². The average molecular weight is 746 g/mol. The Morgan fingerprint density at radius 3 is 2.50 bits per heavy atom. The molecule has 2 aromatic carbocycles. The van der Waals surface area contributed by atoms with Crippen LogP contribution >= 0.6 is 11.3 Å². The number of amides is 2. The molecule has 54 heavy (non-hydrogen) atoms. The Kier molecular flexibility index (Phi) is 9.44. The van der Waals surface area contributed by atoms with Crippen molar-refractivity contribution >= 4 is 34.2 Å². The van der Waals surface area contributed by atoms with E-state index >= 15 is 0 Å². The van der Waals surface area contributed by atoms with Gasteiger partial charge in [-0.1, -0.05) is 36.4 Å². The van der Waals surface area contributed by atoms with Gasteiger partial charge in [-0.3, -0.25) is 23.9 Å². The summed E-state index contributed by atoms with van der Waals surface area (Å²) in [7, 11) is 0. The summed E-state index contributed by atoms with van der Waals surface area (Å²) in [6, 6.07) is 21.5. The molecule has 4 aromatic heterocycles. The number of thiazole rings is 1. The van der Waals surface area contributed by atoms with Crippen molar-refractivity contribution in [1.82, 2.24) is 33.9 Å². The molecule has 2 saturated heterocycles. The maximum Gasteiger partial charge on any atom is 0.265 e.